The van der Waals surface area contributed by atoms with Crippen LogP contribution in [-0.4, -0.2) is 16.1 Å². The molecule has 0 aliphatic carbocycles. The van der Waals surface area contributed by atoms with Crippen LogP contribution in [0.3, 0.4) is 0 Å². The highest BCUT2D eigenvalue weighted by molar-refractivity contribution is 7.27. The number of fused-ring (bicyclic) bond motifs is 10. The maximum absolute atomic E-state index is 2.47. The number of thiophene rings is 2. The Kier molecular flexibility index (Phi) is 4.73. The molecule has 0 aliphatic heterocycles. The monoisotopic (exact) mass is 534 g/mol. The molecule has 0 amide bonds. The quantitative estimate of drug-likeness (QED) is 0.153. The molecule has 4 heteroatoms. The van der Waals surface area contributed by atoms with E-state index in [4.69, 9.17) is 0 Å². The van der Waals surface area contributed by atoms with Crippen molar-refractivity contribution in [1.82, 2.24) is 0 Å². The summed E-state index contributed by atoms with van der Waals surface area (Å²) in [6.45, 7) is 14.6. The number of hydrogen-bond donors (Lipinski definition) is 0. The summed E-state index contributed by atoms with van der Waals surface area (Å²) in [5.41, 5.74) is 0. The Morgan fingerprint density at radius 3 is 1.22 bits per heavy atom. The van der Waals surface area contributed by atoms with Gasteiger partial charge >= 0.3 is 0 Å². The zero-order valence-corrected chi connectivity index (χ0v) is 25.4. The van der Waals surface area contributed by atoms with Crippen molar-refractivity contribution in [2.75, 3.05) is 0 Å². The van der Waals surface area contributed by atoms with Crippen LogP contribution in [0.1, 0.15) is 0 Å². The maximum atomic E-state index is 2.47. The molecule has 0 fully saturated rings. The lowest BCUT2D eigenvalue weighted by molar-refractivity contribution is 1.73. The Morgan fingerprint density at radius 2 is 0.833 bits per heavy atom. The van der Waals surface area contributed by atoms with E-state index in [0.717, 1.165) is 0 Å². The van der Waals surface area contributed by atoms with Gasteiger partial charge in [-0.3, -0.25) is 0 Å². The molecule has 36 heavy (non-hydrogen) atoms. The highest BCUT2D eigenvalue weighted by Gasteiger charge is 2.20. The Morgan fingerprint density at radius 1 is 0.417 bits per heavy atom. The van der Waals surface area contributed by atoms with Gasteiger partial charge in [0.2, 0.25) is 0 Å². The molecule has 2 aromatic heterocycles. The van der Waals surface area contributed by atoms with Crippen molar-refractivity contribution < 1.29 is 0 Å². The first kappa shape index (κ1) is 22.7. The number of benzene rings is 5. The van der Waals surface area contributed by atoms with Gasteiger partial charge in [-0.05, 0) is 35.0 Å². The molecule has 5 aromatic carbocycles. The van der Waals surface area contributed by atoms with Gasteiger partial charge in [-0.15, -0.1) is 22.7 Å². The summed E-state index contributed by atoms with van der Waals surface area (Å²) in [7, 11) is -2.70. The van der Waals surface area contributed by atoms with Crippen molar-refractivity contribution in [3.8, 4) is 0 Å². The van der Waals surface area contributed by atoms with Crippen molar-refractivity contribution in [2.45, 2.75) is 39.3 Å². The first-order chi connectivity index (χ1) is 17.1. The lowest BCUT2D eigenvalue weighted by atomic mass is 10.00. The smallest absolute Gasteiger partial charge is 0.0776 e. The summed E-state index contributed by atoms with van der Waals surface area (Å²) in [6, 6.07) is 28.7. The summed E-state index contributed by atoms with van der Waals surface area (Å²) < 4.78 is 5.65. The first-order valence-electron chi connectivity index (χ1n) is 12.8. The molecule has 7 aromatic rings. The van der Waals surface area contributed by atoms with E-state index in [1.54, 1.807) is 0 Å². The second-order valence-electron chi connectivity index (χ2n) is 12.3. The van der Waals surface area contributed by atoms with E-state index in [9.17, 15) is 0 Å². The van der Waals surface area contributed by atoms with Gasteiger partial charge in [0.05, 0.1) is 16.1 Å². The first-order valence-corrected chi connectivity index (χ1v) is 21.4. The fourth-order valence-corrected chi connectivity index (χ4v) is 10.3. The van der Waals surface area contributed by atoms with Crippen molar-refractivity contribution in [2.24, 2.45) is 0 Å². The van der Waals surface area contributed by atoms with Crippen LogP contribution in [0, 0.1) is 0 Å². The topological polar surface area (TPSA) is 0 Å². The molecule has 0 saturated heterocycles. The third kappa shape index (κ3) is 3.35. The SMILES string of the molecule is C[Si](C)(C)c1ccc2sc3c4cc5ccc6c7cc([Si](C)(C)C)ccc7sc6c5cc4ccc3c2c1. The summed E-state index contributed by atoms with van der Waals surface area (Å²) in [4.78, 5) is 0. The lowest BCUT2D eigenvalue weighted by Gasteiger charge is -2.16. The Labute approximate surface area is 222 Å². The minimum Gasteiger partial charge on any atom is -0.135 e. The van der Waals surface area contributed by atoms with Gasteiger partial charge in [-0.2, -0.15) is 0 Å². The molecular weight excluding hydrogens is 505 g/mol. The minimum absolute atomic E-state index is 1.35. The molecule has 0 unspecified atom stereocenters. The molecule has 0 bridgehead atoms. The zero-order chi connectivity index (χ0) is 25.0. The predicted molar refractivity (Wildman–Crippen MR) is 173 cm³/mol. The predicted octanol–water partition coefficient (Wildman–Crippen LogP) is 9.82. The van der Waals surface area contributed by atoms with Crippen molar-refractivity contribution >= 4 is 111 Å². The molecular formula is C32H30S2Si2. The lowest BCUT2D eigenvalue weighted by Crippen LogP contribution is -2.37. The second kappa shape index (κ2) is 7.51. The van der Waals surface area contributed by atoms with Crippen LogP contribution in [0.2, 0.25) is 39.3 Å². The summed E-state index contributed by atoms with van der Waals surface area (Å²) in [5, 5.41) is 14.2. The van der Waals surface area contributed by atoms with Crippen molar-refractivity contribution in [3.63, 3.8) is 0 Å². The van der Waals surface area contributed by atoms with Gasteiger partial charge in [0.1, 0.15) is 0 Å². The van der Waals surface area contributed by atoms with Gasteiger partial charge in [-0.25, -0.2) is 0 Å². The van der Waals surface area contributed by atoms with Crippen LogP contribution in [0.5, 0.6) is 0 Å². The molecule has 0 N–H and O–H groups in total. The van der Waals surface area contributed by atoms with Gasteiger partial charge in [0, 0.05) is 51.1 Å². The fourth-order valence-electron chi connectivity index (χ4n) is 5.55. The Bertz CT molecular complexity index is 1860. The Balaban J connectivity index is 1.50. The molecule has 178 valence electrons. The summed E-state index contributed by atoms with van der Waals surface area (Å²) >= 11 is 3.90. The average molecular weight is 535 g/mol. The van der Waals surface area contributed by atoms with Crippen LogP contribution in [0.15, 0.2) is 72.8 Å². The fraction of sp³-hybridized carbons (Fsp3) is 0.188. The summed E-state index contributed by atoms with van der Waals surface area (Å²) in [5.74, 6) is 0. The van der Waals surface area contributed by atoms with Crippen LogP contribution in [0.4, 0.5) is 0 Å². The highest BCUT2D eigenvalue weighted by Crippen LogP contribution is 2.43. The standard InChI is InChI=1S/C32H30S2Si2/c1-35(2,3)21-9-13-29-27(17-21)23-11-7-19-16-26-20(15-25(19)31(23)33-29)8-12-24-28-18-22(36(4,5)6)10-14-30(28)34-32(24)26/h7-18H,1-6H3. The van der Waals surface area contributed by atoms with Crippen LogP contribution in [-0.2, 0) is 0 Å². The van der Waals surface area contributed by atoms with E-state index < -0.39 is 16.1 Å². The molecule has 0 aliphatic rings. The summed E-state index contributed by atoms with van der Waals surface area (Å²) in [6.07, 6.45) is 0. The zero-order valence-electron chi connectivity index (χ0n) is 21.7. The van der Waals surface area contributed by atoms with E-state index in [0.29, 0.717) is 0 Å². The molecule has 0 radical (unpaired) electrons. The second-order valence-corrected chi connectivity index (χ2v) is 24.6. The average Bonchev–Trinajstić information content (AvgIpc) is 3.39. The van der Waals surface area contributed by atoms with E-state index in [2.05, 4.69) is 112 Å². The van der Waals surface area contributed by atoms with E-state index >= 15 is 0 Å². The number of rotatable bonds is 2. The van der Waals surface area contributed by atoms with Crippen molar-refractivity contribution in [1.29, 1.82) is 0 Å². The number of hydrogen-bond acceptors (Lipinski definition) is 2. The molecule has 0 nitrogen and oxygen atoms in total. The minimum atomic E-state index is -1.35. The largest absolute Gasteiger partial charge is 0.135 e. The van der Waals surface area contributed by atoms with Gasteiger partial charge < -0.3 is 0 Å². The van der Waals surface area contributed by atoms with Crippen LogP contribution in [0.25, 0.3) is 61.9 Å². The normalized spacial score (nSPS) is 13.3. The Hall–Kier alpha value is -2.51. The molecule has 2 heterocycles. The molecule has 7 rings (SSSR count). The van der Waals surface area contributed by atoms with E-state index in [1.165, 1.54) is 72.3 Å². The molecule has 0 saturated carbocycles. The van der Waals surface area contributed by atoms with Crippen LogP contribution >= 0.6 is 22.7 Å². The van der Waals surface area contributed by atoms with E-state index in [-0.39, 0.29) is 0 Å². The maximum Gasteiger partial charge on any atom is 0.0776 e. The van der Waals surface area contributed by atoms with Crippen LogP contribution < -0.4 is 10.4 Å². The third-order valence-electron chi connectivity index (χ3n) is 7.75. The van der Waals surface area contributed by atoms with E-state index in [1.807, 2.05) is 22.7 Å². The third-order valence-corrected chi connectivity index (χ3v) is 14.3. The van der Waals surface area contributed by atoms with Gasteiger partial charge in [0.15, 0.2) is 0 Å². The van der Waals surface area contributed by atoms with Crippen molar-refractivity contribution in [3.05, 3.63) is 72.8 Å². The molecule has 0 atom stereocenters. The molecule has 0 spiro atoms. The van der Waals surface area contributed by atoms with Gasteiger partial charge in [-0.1, -0.05) is 98.2 Å². The highest BCUT2D eigenvalue weighted by atomic mass is 32.1. The van der Waals surface area contributed by atoms with Gasteiger partial charge in [0.25, 0.3) is 0 Å².